The zero-order valence-electron chi connectivity index (χ0n) is 10.5. The molecule has 0 amide bonds. The van der Waals surface area contributed by atoms with Gasteiger partial charge in [-0.25, -0.2) is 0 Å². The second-order valence-corrected chi connectivity index (χ2v) is 6.19. The van der Waals surface area contributed by atoms with Gasteiger partial charge >= 0.3 is 0 Å². The molecule has 1 heterocycles. The van der Waals surface area contributed by atoms with Crippen LogP contribution in [0, 0.1) is 0 Å². The van der Waals surface area contributed by atoms with Crippen molar-refractivity contribution in [2.75, 3.05) is 11.1 Å². The Balaban J connectivity index is 1.76. The molecule has 0 unspecified atom stereocenters. The molecule has 0 spiro atoms. The summed E-state index contributed by atoms with van der Waals surface area (Å²) in [6.45, 7) is 0. The zero-order chi connectivity index (χ0) is 12.2. The van der Waals surface area contributed by atoms with Gasteiger partial charge in [-0.2, -0.15) is 11.8 Å². The van der Waals surface area contributed by atoms with Crippen molar-refractivity contribution < 1.29 is 4.42 Å². The third kappa shape index (κ3) is 8.78. The van der Waals surface area contributed by atoms with E-state index in [1.807, 2.05) is 17.8 Å². The molecule has 1 aromatic heterocycles. The van der Waals surface area contributed by atoms with Crippen molar-refractivity contribution in [1.82, 2.24) is 0 Å². The van der Waals surface area contributed by atoms with Crippen LogP contribution in [0.3, 0.4) is 0 Å². The van der Waals surface area contributed by atoms with Crippen molar-refractivity contribution in [2.45, 2.75) is 50.7 Å². The summed E-state index contributed by atoms with van der Waals surface area (Å²) in [5, 5.41) is 1.16. The molecular weight excluding hydrogens is 296 g/mol. The maximum atomic E-state index is 5.29. The number of rotatable bonds is 11. The average molecular weight is 319 g/mol. The van der Waals surface area contributed by atoms with Gasteiger partial charge in [0.05, 0.1) is 12.0 Å². The minimum atomic E-state index is 1.03. The fourth-order valence-electron chi connectivity index (χ4n) is 1.75. The zero-order valence-corrected chi connectivity index (χ0v) is 12.9. The fourth-order valence-corrected chi connectivity index (χ4v) is 3.06. The molecule has 0 bridgehead atoms. The smallest absolute Gasteiger partial charge is 0.113 e. The van der Waals surface area contributed by atoms with E-state index in [1.165, 1.54) is 50.7 Å². The molecule has 3 heteroatoms. The van der Waals surface area contributed by atoms with E-state index >= 15 is 0 Å². The lowest BCUT2D eigenvalue weighted by atomic mass is 10.1. The molecule has 0 aliphatic rings. The van der Waals surface area contributed by atoms with E-state index in [4.69, 9.17) is 4.42 Å². The number of alkyl halides is 1. The van der Waals surface area contributed by atoms with Gasteiger partial charge in [0.1, 0.15) is 5.76 Å². The summed E-state index contributed by atoms with van der Waals surface area (Å²) in [7, 11) is 0. The van der Waals surface area contributed by atoms with Crippen molar-refractivity contribution in [3.8, 4) is 0 Å². The van der Waals surface area contributed by atoms with E-state index in [0.717, 1.165) is 16.8 Å². The van der Waals surface area contributed by atoms with Crippen molar-refractivity contribution in [2.24, 2.45) is 0 Å². The molecule has 1 nitrogen and oxygen atoms in total. The Bertz CT molecular complexity index is 249. The van der Waals surface area contributed by atoms with Crippen LogP contribution < -0.4 is 0 Å². The van der Waals surface area contributed by atoms with E-state index in [-0.39, 0.29) is 0 Å². The fraction of sp³-hybridized carbons (Fsp3) is 0.714. The standard InChI is InChI=1S/C14H23BrOS/c15-10-6-4-2-1-3-5-7-12-17-13-14-9-8-11-16-14/h8-9,11H,1-7,10,12-13H2. The maximum Gasteiger partial charge on any atom is 0.113 e. The first-order valence-electron chi connectivity index (χ1n) is 6.59. The van der Waals surface area contributed by atoms with Gasteiger partial charge in [-0.1, -0.05) is 48.0 Å². The molecule has 1 rings (SSSR count). The van der Waals surface area contributed by atoms with Gasteiger partial charge in [-0.15, -0.1) is 0 Å². The lowest BCUT2D eigenvalue weighted by Gasteiger charge is -2.01. The Morgan fingerprint density at radius 1 is 1.00 bits per heavy atom. The molecule has 0 saturated heterocycles. The molecule has 0 radical (unpaired) electrons. The predicted molar refractivity (Wildman–Crippen MR) is 81.0 cm³/mol. The van der Waals surface area contributed by atoms with E-state index in [2.05, 4.69) is 22.0 Å². The van der Waals surface area contributed by atoms with Crippen LogP contribution in [0.5, 0.6) is 0 Å². The average Bonchev–Trinajstić information content (AvgIpc) is 2.85. The molecule has 0 aromatic carbocycles. The van der Waals surface area contributed by atoms with Gasteiger partial charge in [-0.05, 0) is 30.7 Å². The molecule has 0 aliphatic heterocycles. The van der Waals surface area contributed by atoms with E-state index in [9.17, 15) is 0 Å². The lowest BCUT2D eigenvalue weighted by molar-refractivity contribution is 0.530. The van der Waals surface area contributed by atoms with Crippen LogP contribution in [-0.4, -0.2) is 11.1 Å². The normalized spacial score (nSPS) is 10.9. The molecule has 1 aromatic rings. The van der Waals surface area contributed by atoms with Crippen LogP contribution in [0.2, 0.25) is 0 Å². The highest BCUT2D eigenvalue weighted by atomic mass is 79.9. The van der Waals surface area contributed by atoms with Gasteiger partial charge in [-0.3, -0.25) is 0 Å². The van der Waals surface area contributed by atoms with Crippen molar-refractivity contribution in [3.63, 3.8) is 0 Å². The summed E-state index contributed by atoms with van der Waals surface area (Å²) in [4.78, 5) is 0. The lowest BCUT2D eigenvalue weighted by Crippen LogP contribution is -1.84. The second kappa shape index (κ2) is 11.2. The largest absolute Gasteiger partial charge is 0.468 e. The van der Waals surface area contributed by atoms with E-state index in [1.54, 1.807) is 6.26 Å². The van der Waals surface area contributed by atoms with Crippen LogP contribution in [0.25, 0.3) is 0 Å². The summed E-state index contributed by atoms with van der Waals surface area (Å²) in [5.41, 5.74) is 0. The number of thioether (sulfide) groups is 1. The highest BCUT2D eigenvalue weighted by Crippen LogP contribution is 2.15. The Morgan fingerprint density at radius 2 is 1.71 bits per heavy atom. The molecular formula is C14H23BrOS. The highest BCUT2D eigenvalue weighted by molar-refractivity contribution is 9.09. The number of halogens is 1. The summed E-state index contributed by atoms with van der Waals surface area (Å²) >= 11 is 5.45. The first-order valence-corrected chi connectivity index (χ1v) is 8.87. The Morgan fingerprint density at radius 3 is 2.35 bits per heavy atom. The summed E-state index contributed by atoms with van der Waals surface area (Å²) < 4.78 is 5.29. The maximum absolute atomic E-state index is 5.29. The van der Waals surface area contributed by atoms with Crippen LogP contribution in [0.1, 0.15) is 50.7 Å². The predicted octanol–water partition coefficient (Wildman–Crippen LogP) is 5.64. The quantitative estimate of drug-likeness (QED) is 0.387. The van der Waals surface area contributed by atoms with Gasteiger partial charge < -0.3 is 4.42 Å². The van der Waals surface area contributed by atoms with Crippen molar-refractivity contribution >= 4 is 27.7 Å². The van der Waals surface area contributed by atoms with Crippen LogP contribution >= 0.6 is 27.7 Å². The number of hydrogen-bond donors (Lipinski definition) is 0. The van der Waals surface area contributed by atoms with Gasteiger partial charge in [0.25, 0.3) is 0 Å². The Kier molecular flexibility index (Phi) is 10.0. The summed E-state index contributed by atoms with van der Waals surface area (Å²) in [5.74, 6) is 3.39. The summed E-state index contributed by atoms with van der Waals surface area (Å²) in [6.07, 6.45) is 11.4. The molecule has 0 aliphatic carbocycles. The second-order valence-electron chi connectivity index (χ2n) is 4.30. The van der Waals surface area contributed by atoms with Crippen LogP contribution in [0.15, 0.2) is 22.8 Å². The van der Waals surface area contributed by atoms with Gasteiger partial charge in [0.2, 0.25) is 0 Å². The third-order valence-electron chi connectivity index (χ3n) is 2.75. The number of unbranched alkanes of at least 4 members (excludes halogenated alkanes) is 6. The topological polar surface area (TPSA) is 13.1 Å². The van der Waals surface area contributed by atoms with E-state index < -0.39 is 0 Å². The van der Waals surface area contributed by atoms with Gasteiger partial charge in [0.15, 0.2) is 0 Å². The molecule has 98 valence electrons. The van der Waals surface area contributed by atoms with Crippen LogP contribution in [-0.2, 0) is 5.75 Å². The van der Waals surface area contributed by atoms with Gasteiger partial charge in [0, 0.05) is 5.33 Å². The molecule has 0 N–H and O–H groups in total. The van der Waals surface area contributed by atoms with Crippen LogP contribution in [0.4, 0.5) is 0 Å². The van der Waals surface area contributed by atoms with E-state index in [0.29, 0.717) is 0 Å². The minimum absolute atomic E-state index is 1.03. The van der Waals surface area contributed by atoms with Crippen molar-refractivity contribution in [3.05, 3.63) is 24.2 Å². The molecule has 0 saturated carbocycles. The summed E-state index contributed by atoms with van der Waals surface area (Å²) in [6, 6.07) is 4.01. The number of hydrogen-bond acceptors (Lipinski definition) is 2. The molecule has 0 fully saturated rings. The number of furan rings is 1. The Labute approximate surface area is 118 Å². The third-order valence-corrected chi connectivity index (χ3v) is 4.37. The monoisotopic (exact) mass is 318 g/mol. The first kappa shape index (κ1) is 15.2. The minimum Gasteiger partial charge on any atom is -0.468 e. The first-order chi connectivity index (χ1) is 8.43. The highest BCUT2D eigenvalue weighted by Gasteiger charge is 1.96. The molecule has 17 heavy (non-hydrogen) atoms. The van der Waals surface area contributed by atoms with Crippen molar-refractivity contribution in [1.29, 1.82) is 0 Å². The Hall–Kier alpha value is 0.110. The molecule has 0 atom stereocenters. The SMILES string of the molecule is BrCCCCCCCCCSCc1ccco1.